The maximum absolute atomic E-state index is 13.7. The van der Waals surface area contributed by atoms with Crippen molar-refractivity contribution in [1.82, 2.24) is 10.6 Å². The molecule has 0 saturated heterocycles. The van der Waals surface area contributed by atoms with E-state index in [1.807, 2.05) is 0 Å². The molecule has 0 bridgehead atoms. The Morgan fingerprint density at radius 3 is 2.31 bits per heavy atom. The summed E-state index contributed by atoms with van der Waals surface area (Å²) in [4.78, 5) is 52.0. The van der Waals surface area contributed by atoms with Crippen molar-refractivity contribution < 1.29 is 37.8 Å². The maximum atomic E-state index is 13.7. The maximum Gasteiger partial charge on any atom is 0.323 e. The Morgan fingerprint density at radius 1 is 1.00 bits per heavy atom. The molecule has 3 atom stereocenters. The van der Waals surface area contributed by atoms with Crippen LogP contribution in [0.1, 0.15) is 24.2 Å². The number of halogens is 2. The lowest BCUT2D eigenvalue weighted by atomic mass is 10.0. The van der Waals surface area contributed by atoms with E-state index < -0.39 is 60.1 Å². The molecule has 3 N–H and O–H groups in total. The fraction of sp³-hybridized carbons (Fsp3) is 0.214. The molecular weight excluding hydrogens is 512 g/mol. The molecule has 1 aliphatic rings. The topological polar surface area (TPSA) is 125 Å². The van der Waals surface area contributed by atoms with Gasteiger partial charge in [0.05, 0.1) is 12.1 Å². The van der Waals surface area contributed by atoms with Gasteiger partial charge in [-0.15, -0.1) is 0 Å². The van der Waals surface area contributed by atoms with Crippen LogP contribution >= 0.6 is 0 Å². The van der Waals surface area contributed by atoms with Gasteiger partial charge in [0.2, 0.25) is 11.8 Å². The van der Waals surface area contributed by atoms with Crippen LogP contribution in [0, 0.1) is 11.6 Å². The monoisotopic (exact) mass is 537 g/mol. The minimum atomic E-state index is -1.36. The van der Waals surface area contributed by atoms with Gasteiger partial charge < -0.3 is 20.5 Å². The quantitative estimate of drug-likeness (QED) is 0.406. The van der Waals surface area contributed by atoms with Gasteiger partial charge in [-0.2, -0.15) is 0 Å². The van der Waals surface area contributed by atoms with E-state index in [-0.39, 0.29) is 23.4 Å². The third-order valence-electron chi connectivity index (χ3n) is 6.02. The first-order valence-corrected chi connectivity index (χ1v) is 12.0. The highest BCUT2D eigenvalue weighted by atomic mass is 19.1. The third-order valence-corrected chi connectivity index (χ3v) is 6.02. The number of carbonyl (C=O) groups is 4. The van der Waals surface area contributed by atoms with Gasteiger partial charge in [-0.25, -0.2) is 8.78 Å². The Hall–Kier alpha value is -4.80. The summed E-state index contributed by atoms with van der Waals surface area (Å²) in [6.45, 7) is 0.701. The number of carboxylic acid groups (broad SMARTS) is 1. The summed E-state index contributed by atoms with van der Waals surface area (Å²) in [6.07, 6.45) is -1.41. The van der Waals surface area contributed by atoms with E-state index in [9.17, 15) is 33.1 Å². The Balaban J connectivity index is 1.58. The van der Waals surface area contributed by atoms with E-state index in [0.29, 0.717) is 11.6 Å². The smallest absolute Gasteiger partial charge is 0.323 e. The first-order valence-electron chi connectivity index (χ1n) is 12.0. The summed E-state index contributed by atoms with van der Waals surface area (Å²) >= 11 is 0. The minimum absolute atomic E-state index is 0.0798. The number of nitrogens with zero attached hydrogens (tertiary/aromatic N) is 1. The third kappa shape index (κ3) is 6.56. The average Bonchev–Trinajstić information content (AvgIpc) is 2.99. The molecule has 0 saturated carbocycles. The molecule has 11 heteroatoms. The highest BCUT2D eigenvalue weighted by Gasteiger charge is 2.41. The lowest BCUT2D eigenvalue weighted by Crippen LogP contribution is -2.56. The standard InChI is InChI=1S/C28H25F2N3O6/c1-16(31-23(34)13-17-11-19(29)14-20(30)12-17)27(37)32-25-26(18-7-3-2-4-8-18)39-22-10-6-5-9-21(22)33(28(25)38)15-24(35)36/h2-12,14,16,25-26H,13,15H2,1H3,(H,31,34)(H,32,37)(H,35,36)/t16-,25?,26?/m0/s1. The molecule has 4 rings (SSSR count). The number of nitrogens with one attached hydrogen (secondary N) is 2. The summed E-state index contributed by atoms with van der Waals surface area (Å²) in [5, 5.41) is 14.5. The van der Waals surface area contributed by atoms with E-state index in [2.05, 4.69) is 10.6 Å². The summed E-state index contributed by atoms with van der Waals surface area (Å²) in [5.74, 6) is -4.84. The Kier molecular flexibility index (Phi) is 8.18. The van der Waals surface area contributed by atoms with Crippen molar-refractivity contribution in [3.05, 3.63) is 95.6 Å². The van der Waals surface area contributed by atoms with E-state index in [1.165, 1.54) is 6.92 Å². The number of hydrogen-bond acceptors (Lipinski definition) is 5. The molecule has 0 radical (unpaired) electrons. The first kappa shape index (κ1) is 27.2. The van der Waals surface area contributed by atoms with Crippen LogP contribution in [0.3, 0.4) is 0 Å². The van der Waals surface area contributed by atoms with Gasteiger partial charge in [-0.1, -0.05) is 42.5 Å². The Bertz CT molecular complexity index is 1380. The zero-order valence-corrected chi connectivity index (χ0v) is 20.8. The molecule has 1 aliphatic heterocycles. The normalized spacial score (nSPS) is 17.3. The summed E-state index contributed by atoms with van der Waals surface area (Å²) in [7, 11) is 0. The van der Waals surface area contributed by atoms with Crippen LogP contribution in [-0.2, 0) is 25.6 Å². The Morgan fingerprint density at radius 2 is 1.64 bits per heavy atom. The van der Waals surface area contributed by atoms with E-state index in [0.717, 1.165) is 17.0 Å². The first-order chi connectivity index (χ1) is 18.6. The predicted molar refractivity (Wildman–Crippen MR) is 136 cm³/mol. The van der Waals surface area contributed by atoms with Crippen molar-refractivity contribution in [3.63, 3.8) is 0 Å². The molecule has 0 aromatic heterocycles. The molecule has 0 aliphatic carbocycles. The number of aliphatic carboxylic acids is 1. The Labute approximate surface area is 222 Å². The zero-order chi connectivity index (χ0) is 28.1. The summed E-state index contributed by atoms with van der Waals surface area (Å²) in [6, 6.07) is 15.2. The van der Waals surface area contributed by atoms with E-state index in [1.54, 1.807) is 54.6 Å². The lowest BCUT2D eigenvalue weighted by molar-refractivity contribution is -0.137. The van der Waals surface area contributed by atoms with Crippen LogP contribution in [0.5, 0.6) is 5.75 Å². The van der Waals surface area contributed by atoms with Crippen LogP contribution in [-0.4, -0.2) is 47.4 Å². The van der Waals surface area contributed by atoms with Gasteiger partial charge in [0.15, 0.2) is 6.10 Å². The van der Waals surface area contributed by atoms with E-state index >= 15 is 0 Å². The van der Waals surface area contributed by atoms with Gasteiger partial charge in [0, 0.05) is 6.07 Å². The fourth-order valence-electron chi connectivity index (χ4n) is 4.27. The van der Waals surface area contributed by atoms with Crippen LogP contribution < -0.4 is 20.3 Å². The van der Waals surface area contributed by atoms with Crippen LogP contribution in [0.15, 0.2) is 72.8 Å². The number of ether oxygens (including phenoxy) is 1. The fourth-order valence-corrected chi connectivity index (χ4v) is 4.27. The van der Waals surface area contributed by atoms with Crippen LogP contribution in [0.2, 0.25) is 0 Å². The van der Waals surface area contributed by atoms with Crippen LogP contribution in [0.4, 0.5) is 14.5 Å². The number of benzene rings is 3. The number of carboxylic acids is 1. The second-order valence-corrected chi connectivity index (χ2v) is 8.96. The molecule has 3 amide bonds. The summed E-state index contributed by atoms with van der Waals surface area (Å²) in [5.41, 5.74) is 0.857. The van der Waals surface area contributed by atoms with Crippen molar-refractivity contribution in [2.45, 2.75) is 31.5 Å². The predicted octanol–water partition coefficient (Wildman–Crippen LogP) is 2.75. The van der Waals surface area contributed by atoms with Crippen molar-refractivity contribution in [2.75, 3.05) is 11.4 Å². The second-order valence-electron chi connectivity index (χ2n) is 8.96. The average molecular weight is 538 g/mol. The minimum Gasteiger partial charge on any atom is -0.481 e. The van der Waals surface area contributed by atoms with Crippen molar-refractivity contribution in [1.29, 1.82) is 0 Å². The number of para-hydroxylation sites is 2. The molecule has 2 unspecified atom stereocenters. The van der Waals surface area contributed by atoms with E-state index in [4.69, 9.17) is 4.74 Å². The second kappa shape index (κ2) is 11.7. The summed E-state index contributed by atoms with van der Waals surface area (Å²) < 4.78 is 33.1. The molecular formula is C28H25F2N3O6. The number of amides is 3. The van der Waals surface area contributed by atoms with Crippen molar-refractivity contribution >= 4 is 29.4 Å². The van der Waals surface area contributed by atoms with Gasteiger partial charge in [0.1, 0.15) is 36.0 Å². The molecule has 9 nitrogen and oxygen atoms in total. The number of fused-ring (bicyclic) bond motifs is 1. The number of rotatable bonds is 8. The molecule has 1 heterocycles. The lowest BCUT2D eigenvalue weighted by Gasteiger charge is -2.28. The number of anilines is 1. The molecule has 0 fully saturated rings. The van der Waals surface area contributed by atoms with Crippen molar-refractivity contribution in [3.8, 4) is 5.75 Å². The number of carbonyl (C=O) groups excluding carboxylic acids is 3. The van der Waals surface area contributed by atoms with Gasteiger partial charge in [0.25, 0.3) is 5.91 Å². The van der Waals surface area contributed by atoms with Crippen LogP contribution in [0.25, 0.3) is 0 Å². The van der Waals surface area contributed by atoms with Gasteiger partial charge in [-0.05, 0) is 42.3 Å². The SMILES string of the molecule is C[C@H](NC(=O)Cc1cc(F)cc(F)c1)C(=O)NC1C(=O)N(CC(=O)O)c2ccccc2OC1c1ccccc1. The molecule has 39 heavy (non-hydrogen) atoms. The largest absolute Gasteiger partial charge is 0.481 e. The van der Waals surface area contributed by atoms with Gasteiger partial charge in [-0.3, -0.25) is 24.1 Å². The highest BCUT2D eigenvalue weighted by molar-refractivity contribution is 6.04. The van der Waals surface area contributed by atoms with Crippen molar-refractivity contribution in [2.24, 2.45) is 0 Å². The number of hydrogen-bond donors (Lipinski definition) is 3. The highest BCUT2D eigenvalue weighted by Crippen LogP contribution is 2.37. The molecule has 0 spiro atoms. The molecule has 3 aromatic rings. The molecule has 3 aromatic carbocycles. The zero-order valence-electron chi connectivity index (χ0n) is 20.8. The van der Waals surface area contributed by atoms with Gasteiger partial charge >= 0.3 is 5.97 Å². The molecule has 202 valence electrons.